The molecule has 5 rings (SSSR count). The molecule has 0 aromatic heterocycles. The zero-order valence-corrected chi connectivity index (χ0v) is 12.2. The van der Waals surface area contributed by atoms with E-state index in [1.807, 2.05) is 5.57 Å². The van der Waals surface area contributed by atoms with Gasteiger partial charge in [-0.15, -0.1) is 0 Å². The van der Waals surface area contributed by atoms with Crippen LogP contribution in [-0.4, -0.2) is 0 Å². The molecule has 0 N–H and O–H groups in total. The van der Waals surface area contributed by atoms with Crippen molar-refractivity contribution in [2.24, 2.45) is 35.0 Å². The number of rotatable bonds is 2. The van der Waals surface area contributed by atoms with E-state index in [0.717, 1.165) is 35.0 Å². The summed E-state index contributed by atoms with van der Waals surface area (Å²) in [6.07, 6.45) is 19.9. The molecule has 0 amide bonds. The van der Waals surface area contributed by atoms with Gasteiger partial charge in [-0.3, -0.25) is 0 Å². The Kier molecular flexibility index (Phi) is 2.34. The van der Waals surface area contributed by atoms with Crippen molar-refractivity contribution in [3.05, 3.63) is 11.6 Å². The topological polar surface area (TPSA) is 0 Å². The van der Waals surface area contributed by atoms with Gasteiger partial charge in [0.05, 0.1) is 0 Å². The van der Waals surface area contributed by atoms with Crippen molar-refractivity contribution < 1.29 is 0 Å². The molecule has 0 radical (unpaired) electrons. The van der Waals surface area contributed by atoms with Gasteiger partial charge in [-0.2, -0.15) is 0 Å². The first-order valence-electron chi connectivity index (χ1n) is 8.99. The molecular weight excluding hydrogens is 228 g/mol. The van der Waals surface area contributed by atoms with E-state index in [1.54, 1.807) is 51.4 Å². The Balaban J connectivity index is 1.36. The molecule has 6 atom stereocenters. The van der Waals surface area contributed by atoms with E-state index in [4.69, 9.17) is 0 Å². The van der Waals surface area contributed by atoms with Gasteiger partial charge in [-0.25, -0.2) is 0 Å². The normalized spacial score (nSPS) is 54.5. The maximum Gasteiger partial charge on any atom is -0.0196 e. The van der Waals surface area contributed by atoms with Crippen molar-refractivity contribution in [2.45, 2.75) is 70.6 Å². The summed E-state index contributed by atoms with van der Waals surface area (Å²) in [5.41, 5.74) is 2.64. The quantitative estimate of drug-likeness (QED) is 0.585. The van der Waals surface area contributed by atoms with Crippen LogP contribution in [0.2, 0.25) is 0 Å². The SMILES string of the molecule is C1=C2CCC1C(CC13CCC4CCC(CC4C1)C3)C2. The zero-order valence-electron chi connectivity index (χ0n) is 12.2. The van der Waals surface area contributed by atoms with Gasteiger partial charge in [0.2, 0.25) is 0 Å². The molecule has 0 heterocycles. The smallest absolute Gasteiger partial charge is 0.0196 e. The lowest BCUT2D eigenvalue weighted by Crippen LogP contribution is -2.45. The summed E-state index contributed by atoms with van der Waals surface area (Å²) < 4.78 is 0. The van der Waals surface area contributed by atoms with Gasteiger partial charge in [0.1, 0.15) is 0 Å². The van der Waals surface area contributed by atoms with Crippen LogP contribution < -0.4 is 0 Å². The molecule has 5 bridgehead atoms. The Morgan fingerprint density at radius 1 is 1.05 bits per heavy atom. The minimum atomic E-state index is 0.814. The zero-order chi connectivity index (χ0) is 12.4. The van der Waals surface area contributed by atoms with Crippen molar-refractivity contribution in [3.8, 4) is 0 Å². The maximum absolute atomic E-state index is 2.66. The predicted octanol–water partition coefficient (Wildman–Crippen LogP) is 5.34. The molecule has 19 heavy (non-hydrogen) atoms. The van der Waals surface area contributed by atoms with E-state index in [1.165, 1.54) is 19.3 Å². The minimum Gasteiger partial charge on any atom is -0.0819 e. The highest BCUT2D eigenvalue weighted by Gasteiger charge is 2.50. The second-order valence-electron chi connectivity index (χ2n) is 8.84. The van der Waals surface area contributed by atoms with Crippen LogP contribution in [0.25, 0.3) is 0 Å². The van der Waals surface area contributed by atoms with Crippen LogP contribution in [0.1, 0.15) is 70.6 Å². The van der Waals surface area contributed by atoms with Gasteiger partial charge in [-0.05, 0) is 99.2 Å². The second-order valence-corrected chi connectivity index (χ2v) is 8.84. The highest BCUT2D eigenvalue weighted by atomic mass is 14.6. The molecule has 104 valence electrons. The van der Waals surface area contributed by atoms with E-state index < -0.39 is 0 Å². The van der Waals surface area contributed by atoms with Crippen molar-refractivity contribution >= 4 is 0 Å². The molecular formula is C19H28. The first kappa shape index (κ1) is 11.4. The summed E-state index contributed by atoms with van der Waals surface area (Å²) >= 11 is 0. The number of hydrogen-bond acceptors (Lipinski definition) is 0. The van der Waals surface area contributed by atoms with Gasteiger partial charge >= 0.3 is 0 Å². The fourth-order valence-electron chi connectivity index (χ4n) is 7.09. The summed E-state index contributed by atoms with van der Waals surface area (Å²) in [5, 5.41) is 0. The molecule has 0 aromatic rings. The highest BCUT2D eigenvalue weighted by Crippen LogP contribution is 2.62. The van der Waals surface area contributed by atoms with Crippen molar-refractivity contribution in [2.75, 3.05) is 0 Å². The predicted molar refractivity (Wildman–Crippen MR) is 78.8 cm³/mol. The van der Waals surface area contributed by atoms with Crippen molar-refractivity contribution in [1.29, 1.82) is 0 Å². The Bertz CT molecular complexity index is 416. The lowest BCUT2D eigenvalue weighted by atomic mass is 9.49. The van der Waals surface area contributed by atoms with E-state index >= 15 is 0 Å². The van der Waals surface area contributed by atoms with Crippen LogP contribution in [0, 0.1) is 35.0 Å². The van der Waals surface area contributed by atoms with Crippen LogP contribution in [0.4, 0.5) is 0 Å². The molecule has 6 unspecified atom stereocenters. The fourth-order valence-corrected chi connectivity index (χ4v) is 7.09. The van der Waals surface area contributed by atoms with Crippen molar-refractivity contribution in [3.63, 3.8) is 0 Å². The molecule has 3 fully saturated rings. The summed E-state index contributed by atoms with van der Waals surface area (Å²) in [7, 11) is 0. The summed E-state index contributed by atoms with van der Waals surface area (Å²) in [5.74, 6) is 5.50. The fraction of sp³-hybridized carbons (Fsp3) is 0.895. The lowest BCUT2D eigenvalue weighted by Gasteiger charge is -2.56. The number of fused-ring (bicyclic) bond motifs is 3. The van der Waals surface area contributed by atoms with Crippen molar-refractivity contribution in [1.82, 2.24) is 0 Å². The third-order valence-corrected chi connectivity index (χ3v) is 7.78. The largest absolute Gasteiger partial charge is 0.0819 e. The number of hydrogen-bond donors (Lipinski definition) is 0. The van der Waals surface area contributed by atoms with Gasteiger partial charge in [0.15, 0.2) is 0 Å². The Hall–Kier alpha value is -0.260. The molecule has 0 heteroatoms. The van der Waals surface area contributed by atoms with Gasteiger partial charge in [0, 0.05) is 0 Å². The molecule has 0 aromatic carbocycles. The summed E-state index contributed by atoms with van der Waals surface area (Å²) in [6, 6.07) is 0. The molecule has 0 spiro atoms. The average molecular weight is 256 g/mol. The third-order valence-electron chi connectivity index (χ3n) is 7.78. The Labute approximate surface area is 118 Å². The van der Waals surface area contributed by atoms with E-state index in [2.05, 4.69) is 6.08 Å². The van der Waals surface area contributed by atoms with Crippen LogP contribution in [0.15, 0.2) is 11.6 Å². The first-order chi connectivity index (χ1) is 9.30. The highest BCUT2D eigenvalue weighted by molar-refractivity contribution is 5.20. The van der Waals surface area contributed by atoms with Gasteiger partial charge in [-0.1, -0.05) is 18.1 Å². The van der Waals surface area contributed by atoms with Gasteiger partial charge < -0.3 is 0 Å². The van der Waals surface area contributed by atoms with E-state index in [0.29, 0.717) is 0 Å². The first-order valence-corrected chi connectivity index (χ1v) is 8.99. The van der Waals surface area contributed by atoms with E-state index in [-0.39, 0.29) is 0 Å². The summed E-state index contributed by atoms with van der Waals surface area (Å²) in [6.45, 7) is 0. The van der Waals surface area contributed by atoms with Crippen LogP contribution in [0.5, 0.6) is 0 Å². The summed E-state index contributed by atoms with van der Waals surface area (Å²) in [4.78, 5) is 0. The van der Waals surface area contributed by atoms with Crippen LogP contribution >= 0.6 is 0 Å². The Morgan fingerprint density at radius 3 is 2.89 bits per heavy atom. The molecule has 5 aliphatic carbocycles. The third kappa shape index (κ3) is 1.71. The van der Waals surface area contributed by atoms with Crippen LogP contribution in [0.3, 0.4) is 0 Å². The molecule has 0 nitrogen and oxygen atoms in total. The number of allylic oxidation sites excluding steroid dienone is 2. The van der Waals surface area contributed by atoms with E-state index in [9.17, 15) is 0 Å². The lowest BCUT2D eigenvalue weighted by molar-refractivity contribution is -0.0498. The Morgan fingerprint density at radius 2 is 2.05 bits per heavy atom. The monoisotopic (exact) mass is 256 g/mol. The minimum absolute atomic E-state index is 0.814. The molecule has 3 saturated carbocycles. The van der Waals surface area contributed by atoms with Gasteiger partial charge in [0.25, 0.3) is 0 Å². The standard InChI is InChI=1S/C19H28/c1-4-16-7-13(1)8-18(16)12-19-6-5-15-3-2-14(10-19)9-17(15)11-19/h7,14-18H,1-6,8-12H2. The molecule has 0 aliphatic heterocycles. The maximum atomic E-state index is 2.66. The van der Waals surface area contributed by atoms with Crippen LogP contribution in [-0.2, 0) is 0 Å². The molecule has 5 aliphatic rings. The molecule has 0 saturated heterocycles. The second kappa shape index (κ2) is 3.89. The average Bonchev–Trinajstić information content (AvgIpc) is 2.98.